The fourth-order valence-electron chi connectivity index (χ4n) is 3.89. The largest absolute Gasteiger partial charge is 0.480 e. The van der Waals surface area contributed by atoms with Crippen LogP contribution in [0.4, 0.5) is 5.69 Å². The zero-order chi connectivity index (χ0) is 23.5. The van der Waals surface area contributed by atoms with Gasteiger partial charge in [-0.05, 0) is 30.9 Å². The van der Waals surface area contributed by atoms with E-state index >= 15 is 0 Å². The Bertz CT molecular complexity index is 1170. The average Bonchev–Trinajstić information content (AvgIpc) is 3.50. The second-order valence-corrected chi connectivity index (χ2v) is 7.88. The third kappa shape index (κ3) is 4.54. The van der Waals surface area contributed by atoms with Crippen molar-refractivity contribution >= 4 is 23.4 Å². The van der Waals surface area contributed by atoms with Gasteiger partial charge < -0.3 is 20.7 Å². The number of nitrogens with zero attached hydrogens (tertiary/aromatic N) is 5. The molecule has 0 saturated carbocycles. The lowest BCUT2D eigenvalue weighted by Crippen LogP contribution is -2.46. The number of hydrogen-bond acceptors (Lipinski definition) is 7. The van der Waals surface area contributed by atoms with Gasteiger partial charge in [-0.2, -0.15) is 10.2 Å². The molecule has 4 N–H and O–H groups in total. The summed E-state index contributed by atoms with van der Waals surface area (Å²) in [6, 6.07) is 4.58. The molecule has 4 heterocycles. The van der Waals surface area contributed by atoms with Crippen LogP contribution in [0.5, 0.6) is 5.88 Å². The number of nitrogens with two attached hydrogens (primary N) is 1. The Balaban J connectivity index is 1.54. The van der Waals surface area contributed by atoms with Crippen LogP contribution in [0.2, 0.25) is 0 Å². The average molecular weight is 452 g/mol. The van der Waals surface area contributed by atoms with E-state index in [4.69, 9.17) is 10.5 Å². The quantitative estimate of drug-likeness (QED) is 0.487. The monoisotopic (exact) mass is 452 g/mol. The molecule has 0 radical (unpaired) electrons. The summed E-state index contributed by atoms with van der Waals surface area (Å²) < 4.78 is 6.63. The first-order chi connectivity index (χ1) is 15.9. The first kappa shape index (κ1) is 22.0. The molecule has 33 heavy (non-hydrogen) atoms. The zero-order valence-corrected chi connectivity index (χ0v) is 18.2. The smallest absolute Gasteiger partial charge is 0.313 e. The normalized spacial score (nSPS) is 18.1. The summed E-state index contributed by atoms with van der Waals surface area (Å²) in [5, 5.41) is 13.8. The lowest BCUT2D eigenvalue weighted by molar-refractivity contribution is -0.146. The fourth-order valence-corrected chi connectivity index (χ4v) is 3.89. The van der Waals surface area contributed by atoms with Crippen LogP contribution in [-0.4, -0.2) is 61.2 Å². The van der Waals surface area contributed by atoms with Gasteiger partial charge in [0.1, 0.15) is 11.4 Å². The number of piperidine rings is 1. The van der Waals surface area contributed by atoms with Crippen LogP contribution in [0, 0.1) is 5.92 Å². The molecule has 12 nitrogen and oxygen atoms in total. The van der Waals surface area contributed by atoms with Gasteiger partial charge in [-0.1, -0.05) is 6.92 Å². The molecule has 1 saturated heterocycles. The highest BCUT2D eigenvalue weighted by Gasteiger charge is 2.35. The van der Waals surface area contributed by atoms with Crippen LogP contribution >= 0.6 is 0 Å². The predicted octanol–water partition coefficient (Wildman–Crippen LogP) is 1.04. The summed E-state index contributed by atoms with van der Waals surface area (Å²) >= 11 is 0. The molecule has 0 aromatic carbocycles. The summed E-state index contributed by atoms with van der Waals surface area (Å²) in [6.07, 6.45) is 6.26. The van der Waals surface area contributed by atoms with E-state index < -0.39 is 17.7 Å². The van der Waals surface area contributed by atoms with Crippen molar-refractivity contribution in [2.75, 3.05) is 19.0 Å². The number of carbonyl (C=O) groups is 3. The van der Waals surface area contributed by atoms with Crippen molar-refractivity contribution in [3.63, 3.8) is 0 Å². The van der Waals surface area contributed by atoms with Gasteiger partial charge in [0.25, 0.3) is 5.91 Å². The number of H-pyrrole nitrogens is 1. The van der Waals surface area contributed by atoms with Crippen molar-refractivity contribution in [3.8, 4) is 11.7 Å². The predicted molar refractivity (Wildman–Crippen MR) is 116 cm³/mol. The van der Waals surface area contributed by atoms with Gasteiger partial charge in [-0.3, -0.25) is 19.5 Å². The van der Waals surface area contributed by atoms with Crippen molar-refractivity contribution in [1.29, 1.82) is 0 Å². The van der Waals surface area contributed by atoms with E-state index in [0.29, 0.717) is 24.5 Å². The van der Waals surface area contributed by atoms with Crippen LogP contribution in [0.1, 0.15) is 41.9 Å². The minimum atomic E-state index is -0.843. The number of primary amides is 1. The van der Waals surface area contributed by atoms with Gasteiger partial charge in [0.05, 0.1) is 36.9 Å². The van der Waals surface area contributed by atoms with Crippen molar-refractivity contribution in [1.82, 2.24) is 29.9 Å². The van der Waals surface area contributed by atoms with Gasteiger partial charge in [-0.25, -0.2) is 9.67 Å². The maximum absolute atomic E-state index is 13.1. The second-order valence-electron chi connectivity index (χ2n) is 7.88. The number of methoxy groups -OCH3 is 1. The van der Waals surface area contributed by atoms with Crippen LogP contribution in [-0.2, 0) is 9.59 Å². The van der Waals surface area contributed by atoms with Crippen molar-refractivity contribution < 1.29 is 19.1 Å². The fraction of sp³-hybridized carbons (Fsp3) is 0.333. The third-order valence-electron chi connectivity index (χ3n) is 5.52. The molecule has 1 fully saturated rings. The summed E-state index contributed by atoms with van der Waals surface area (Å²) in [4.78, 5) is 43.1. The molecule has 12 heteroatoms. The SMILES string of the molecule is COc1ncc(NC(=O)C(=O)N2C[C@@H](C)CC[C@@H]2c2ccn(-c3ccn[nH]3)n2)cc1C(N)=O. The van der Waals surface area contributed by atoms with Gasteiger partial charge >= 0.3 is 11.8 Å². The maximum Gasteiger partial charge on any atom is 0.313 e. The van der Waals surface area contributed by atoms with Crippen LogP contribution in [0.15, 0.2) is 36.8 Å². The Kier molecular flexibility index (Phi) is 6.07. The summed E-state index contributed by atoms with van der Waals surface area (Å²) in [7, 11) is 1.35. The highest BCUT2D eigenvalue weighted by atomic mass is 16.5. The molecule has 0 aliphatic carbocycles. The second kappa shape index (κ2) is 9.10. The van der Waals surface area contributed by atoms with Crippen LogP contribution < -0.4 is 15.8 Å². The Hall–Kier alpha value is -4.22. The van der Waals surface area contributed by atoms with Gasteiger partial charge in [0.2, 0.25) is 5.88 Å². The van der Waals surface area contributed by atoms with E-state index in [1.807, 2.05) is 13.0 Å². The van der Waals surface area contributed by atoms with E-state index in [-0.39, 0.29) is 29.1 Å². The van der Waals surface area contributed by atoms with Crippen molar-refractivity contribution in [2.24, 2.45) is 11.7 Å². The Labute approximate surface area is 189 Å². The number of pyridine rings is 1. The molecule has 0 spiro atoms. The van der Waals surface area contributed by atoms with Gasteiger partial charge in [-0.15, -0.1) is 0 Å². The molecule has 3 aromatic heterocycles. The van der Waals surface area contributed by atoms with Gasteiger partial charge in [0, 0.05) is 18.8 Å². The number of anilines is 1. The molecule has 3 amide bonds. The first-order valence-corrected chi connectivity index (χ1v) is 10.4. The van der Waals surface area contributed by atoms with E-state index in [2.05, 4.69) is 25.6 Å². The number of nitrogens with one attached hydrogen (secondary N) is 2. The molecule has 0 unspecified atom stereocenters. The summed E-state index contributed by atoms with van der Waals surface area (Å²) in [5.41, 5.74) is 6.18. The number of ether oxygens (including phenoxy) is 1. The Morgan fingerprint density at radius 1 is 1.27 bits per heavy atom. The molecule has 4 rings (SSSR count). The van der Waals surface area contributed by atoms with Crippen LogP contribution in [0.3, 0.4) is 0 Å². The maximum atomic E-state index is 13.1. The molecular weight excluding hydrogens is 428 g/mol. The van der Waals surface area contributed by atoms with E-state index in [9.17, 15) is 14.4 Å². The number of amides is 3. The Morgan fingerprint density at radius 3 is 2.79 bits per heavy atom. The highest BCUT2D eigenvalue weighted by molar-refractivity contribution is 6.39. The minimum Gasteiger partial charge on any atom is -0.480 e. The van der Waals surface area contributed by atoms with Crippen molar-refractivity contribution in [2.45, 2.75) is 25.8 Å². The zero-order valence-electron chi connectivity index (χ0n) is 18.2. The van der Waals surface area contributed by atoms with E-state index in [1.54, 1.807) is 23.1 Å². The lowest BCUT2D eigenvalue weighted by Gasteiger charge is -2.37. The number of hydrogen-bond donors (Lipinski definition) is 3. The standard InChI is InChI=1S/C21H24N8O4/c1-12-3-4-16(15-6-8-29(27-15)17-5-7-24-26-17)28(11-12)21(32)19(31)25-13-9-14(18(22)30)20(33-2)23-10-13/h5-10,12,16H,3-4,11H2,1-2H3,(H2,22,30)(H,24,26)(H,25,31)/t12-,16+/m0/s1. The number of likely N-dealkylation sites (tertiary alicyclic amines) is 1. The lowest BCUT2D eigenvalue weighted by atomic mass is 9.92. The molecule has 3 aromatic rings. The highest BCUT2D eigenvalue weighted by Crippen LogP contribution is 2.33. The summed E-state index contributed by atoms with van der Waals surface area (Å²) in [6.45, 7) is 2.45. The number of aromatic nitrogens is 5. The Morgan fingerprint density at radius 2 is 2.09 bits per heavy atom. The van der Waals surface area contributed by atoms with Crippen molar-refractivity contribution in [3.05, 3.63) is 48.0 Å². The molecule has 0 bridgehead atoms. The van der Waals surface area contributed by atoms with E-state index in [0.717, 1.165) is 6.42 Å². The molecule has 1 aliphatic rings. The number of aromatic amines is 1. The molecular formula is C21H24N8O4. The third-order valence-corrected chi connectivity index (χ3v) is 5.52. The summed E-state index contributed by atoms with van der Waals surface area (Å²) in [5.74, 6) is -1.34. The number of carbonyl (C=O) groups excluding carboxylic acids is 3. The van der Waals surface area contributed by atoms with Crippen LogP contribution in [0.25, 0.3) is 5.82 Å². The topological polar surface area (TPSA) is 161 Å². The molecule has 2 atom stereocenters. The van der Waals surface area contributed by atoms with E-state index in [1.165, 1.54) is 24.3 Å². The minimum absolute atomic E-state index is 0.00318. The number of rotatable bonds is 5. The first-order valence-electron chi connectivity index (χ1n) is 10.4. The molecule has 1 aliphatic heterocycles. The molecule has 172 valence electrons. The van der Waals surface area contributed by atoms with Gasteiger partial charge in [0.15, 0.2) is 0 Å².